The smallest absolute Gasteiger partial charge is 0.373 e. The van der Waals surface area contributed by atoms with E-state index in [1.807, 2.05) is 78.5 Å². The van der Waals surface area contributed by atoms with Crippen molar-refractivity contribution in [1.82, 2.24) is 61.2 Å². The molecule has 12 N–H and O–H groups in total. The summed E-state index contributed by atoms with van der Waals surface area (Å²) in [6.07, 6.45) is 7.73. The van der Waals surface area contributed by atoms with Crippen molar-refractivity contribution in [3.8, 4) is 11.3 Å². The van der Waals surface area contributed by atoms with Crippen molar-refractivity contribution in [2.24, 2.45) is 5.92 Å². The summed E-state index contributed by atoms with van der Waals surface area (Å²) in [6.45, 7) is 6.16. The summed E-state index contributed by atoms with van der Waals surface area (Å²) in [4.78, 5) is 180. The van der Waals surface area contributed by atoms with Gasteiger partial charge in [0.1, 0.15) is 17.5 Å². The first-order valence-corrected chi connectivity index (χ1v) is 38.8. The number of carbonyl (C=O) groups excluding carboxylic acids is 11. The number of carbonyl (C=O) groups is 10. The Labute approximate surface area is 685 Å². The molecule has 40 heteroatoms. The van der Waals surface area contributed by atoms with E-state index in [2.05, 4.69) is 73.3 Å². The van der Waals surface area contributed by atoms with Crippen LogP contribution in [0, 0.1) is 5.92 Å². The Hall–Kier alpha value is -10.5. The van der Waals surface area contributed by atoms with Crippen molar-refractivity contribution in [2.45, 2.75) is 134 Å². The number of urea groups is 2. The van der Waals surface area contributed by atoms with E-state index in [0.29, 0.717) is 139 Å². The molecule has 0 spiro atoms. The number of aliphatic carboxylic acids is 5. The van der Waals surface area contributed by atoms with Crippen LogP contribution in [-0.4, -0.2) is 293 Å². The molecule has 3 aromatic carbocycles. The first-order chi connectivity index (χ1) is 55.6. The van der Waals surface area contributed by atoms with Gasteiger partial charge in [0.25, 0.3) is 0 Å². The molecule has 4 atom stereocenters. The number of carboxylic acids is 5. The normalized spacial score (nSPS) is 14.0. The van der Waals surface area contributed by atoms with Gasteiger partial charge in [-0.25, -0.2) is 19.1 Å². The molecule has 5 amide bonds. The van der Waals surface area contributed by atoms with Crippen LogP contribution in [0.2, 0.25) is 0 Å². The molecule has 0 radical (unpaired) electrons. The number of anilines is 2. The quantitative estimate of drug-likeness (QED) is 0.0220. The fraction of sp³-hybridized carbons (Fsp3) is 0.553. The number of carboxylic acid groups (broad SMARTS) is 5. The molecule has 5 rings (SSSR count). The Morgan fingerprint density at radius 2 is 1.13 bits per heavy atom. The van der Waals surface area contributed by atoms with E-state index in [1.54, 1.807) is 29.1 Å². The maximum Gasteiger partial charge on any atom is 0.373 e. The minimum absolute atomic E-state index is 0.0370. The van der Waals surface area contributed by atoms with E-state index in [4.69, 9.17) is 60.3 Å². The number of benzene rings is 3. The van der Waals surface area contributed by atoms with E-state index >= 15 is 0 Å². The Morgan fingerprint density at radius 1 is 0.560 bits per heavy atom. The average Bonchev–Trinajstić information content (AvgIpc) is 1.64. The van der Waals surface area contributed by atoms with Crippen molar-refractivity contribution in [3.05, 3.63) is 94.6 Å². The monoisotopic (exact) mass is 1710 g/mol. The Morgan fingerprint density at radius 3 is 1.77 bits per heavy atom. The van der Waals surface area contributed by atoms with Gasteiger partial charge in [-0.15, -0.1) is 5.10 Å². The summed E-state index contributed by atoms with van der Waals surface area (Å²) >= 11 is 9.05. The zero-order valence-electron chi connectivity index (χ0n) is 65.2. The number of rotatable bonds is 50. The predicted octanol–water partition coefficient (Wildman–Crippen LogP) is 3.93. The number of ether oxygens (including phenoxy) is 3. The molecule has 1 aliphatic heterocycles. The third-order valence-corrected chi connectivity index (χ3v) is 18.5. The molecule has 38 nitrogen and oxygen atoms in total. The van der Waals surface area contributed by atoms with Gasteiger partial charge in [0.05, 0.1) is 77.4 Å². The second-order valence-corrected chi connectivity index (χ2v) is 28.1. The molecule has 1 fully saturated rings. The third-order valence-electron chi connectivity index (χ3n) is 17.7. The van der Waals surface area contributed by atoms with E-state index < -0.39 is 71.6 Å². The van der Waals surface area contributed by atoms with E-state index in [-0.39, 0.29) is 134 Å². The largest absolute Gasteiger partial charge is 0.481 e. The Bertz CT molecular complexity index is 3720. The molecule has 4 aromatic rings. The maximum absolute atomic E-state index is 14.0. The second kappa shape index (κ2) is 61.9. The fourth-order valence-corrected chi connectivity index (χ4v) is 12.1. The lowest BCUT2D eigenvalue weighted by Gasteiger charge is -2.36. The highest BCUT2D eigenvalue weighted by molar-refractivity contribution is 9.10. The van der Waals surface area contributed by atoms with E-state index in [1.165, 1.54) is 0 Å². The third kappa shape index (κ3) is 49.3. The van der Waals surface area contributed by atoms with Gasteiger partial charge in [-0.05, 0) is 138 Å². The number of ketones is 2. The van der Waals surface area contributed by atoms with Crippen LogP contribution in [-0.2, 0) is 101 Å². The topological polar surface area (TPSA) is 530 Å². The van der Waals surface area contributed by atoms with Gasteiger partial charge >= 0.3 is 60.4 Å². The Balaban J connectivity index is 0.00000483. The molecule has 0 saturated carbocycles. The molecule has 1 saturated heterocycles. The highest BCUT2D eigenvalue weighted by Gasteiger charge is 2.29. The summed E-state index contributed by atoms with van der Waals surface area (Å²) in [5, 5.41) is 76.1. The number of hydrogen-bond donors (Lipinski definition) is 12. The molecule has 1 aliphatic rings. The van der Waals surface area contributed by atoms with Gasteiger partial charge in [-0.2, -0.15) is 28.8 Å². The Kier molecular flexibility index (Phi) is 54.2. The molecule has 116 heavy (non-hydrogen) atoms. The van der Waals surface area contributed by atoms with Crippen LogP contribution in [0.5, 0.6) is 0 Å². The standard InChI is InChI=1S/C73H107BrN14O18S.3CO2/c1-84-31-33-85(2)59(48-87(51-68(96)97)36-35-86(34-32-84)50-67(94)95)44-52-21-25-57(26-22-52)79-73(107)77-29-9-6-16-61(64(90)47-55(69(98)99)12-4-3-5-15-60(89)45-53-19-23-56(74)24-20-53)80-65(91)27-38-104-40-42-106-43-41-105-39-37-88-49-63(82-83-88)54-13-10-14-58(46-54)78-71(102)75-28-8-7-17-62(70(100)101)81-72(103)76-30-11-18-66(92)93;3*2-1-3/h10,13-14,19-26,46,49,55,59,61-62H,3-9,11-12,15-18,27-45,47-48,50-51H2,1-2H3,(H,80,91)(H,92,93)(H,94,95)(H,96,97)(H,98,99)(H,100,101)(H2,75,78,102)(H2,76,81,103)(H2,77,79,107);;;. The highest BCUT2D eigenvalue weighted by Crippen LogP contribution is 2.23. The number of Topliss-reactive ketones (excluding diaryl/α,β-unsaturated/α-hetero) is 2. The van der Waals surface area contributed by atoms with Crippen LogP contribution in [0.25, 0.3) is 11.3 Å². The van der Waals surface area contributed by atoms with Crippen LogP contribution in [0.3, 0.4) is 0 Å². The minimum Gasteiger partial charge on any atom is -0.481 e. The van der Waals surface area contributed by atoms with Crippen molar-refractivity contribution >= 4 is 122 Å². The van der Waals surface area contributed by atoms with Crippen LogP contribution in [0.15, 0.2) is 83.5 Å². The first-order valence-electron chi connectivity index (χ1n) is 37.6. The fourth-order valence-electron chi connectivity index (χ4n) is 11.6. The second-order valence-electron chi connectivity index (χ2n) is 26.7. The SMILES string of the molecule is CN1CCN(CC(=O)O)CCN(CC(=O)O)CC(Cc2ccc(NC(=S)NCCCCC(NC(=O)CCOCCOCCOCCn3cc(-c4cccc(NC(=O)NCCCCC(NC(=O)NCCCC(=O)O)C(=O)O)c4)nn3)C(=O)CC(CCCCCC(=O)Cc3ccc(Br)cc3)C(=O)O)cc2)N(C)CC1.O=C=O.O=C=O.O=C=O. The lowest BCUT2D eigenvalue weighted by atomic mass is 9.91. The molecular weight excluding hydrogens is 1600 g/mol. The number of likely N-dealkylation sites (N-methyl/N-ethyl adjacent to an activating group) is 2. The number of thiocarbonyl (C=S) groups is 1. The van der Waals surface area contributed by atoms with Crippen molar-refractivity contribution < 1.29 is 116 Å². The first kappa shape index (κ1) is 102. The number of nitrogens with one attached hydrogen (secondary N) is 7. The van der Waals surface area contributed by atoms with E-state index in [9.17, 15) is 68.4 Å². The molecule has 0 bridgehead atoms. The van der Waals surface area contributed by atoms with Gasteiger partial charge in [-0.1, -0.05) is 70.4 Å². The maximum atomic E-state index is 14.0. The van der Waals surface area contributed by atoms with Gasteiger partial charge in [-0.3, -0.25) is 43.4 Å². The average molecular weight is 1710 g/mol. The lowest BCUT2D eigenvalue weighted by molar-refractivity contribution is -0.193. The van der Waals surface area contributed by atoms with Crippen molar-refractivity contribution in [2.75, 3.05) is 143 Å². The van der Waals surface area contributed by atoms with Gasteiger partial charge < -0.3 is 86.8 Å². The highest BCUT2D eigenvalue weighted by atomic mass is 79.9. The molecule has 1 aromatic heterocycles. The van der Waals surface area contributed by atoms with Crippen LogP contribution >= 0.6 is 28.1 Å². The summed E-state index contributed by atoms with van der Waals surface area (Å²) in [5.74, 6) is -6.92. The number of halogens is 1. The minimum atomic E-state index is -1.22. The van der Waals surface area contributed by atoms with Crippen molar-refractivity contribution in [3.63, 3.8) is 0 Å². The van der Waals surface area contributed by atoms with Gasteiger partial charge in [0.2, 0.25) is 5.91 Å². The van der Waals surface area contributed by atoms with Gasteiger partial charge in [0, 0.05) is 125 Å². The molecule has 4 unspecified atom stereocenters. The van der Waals surface area contributed by atoms with Crippen LogP contribution in [0.1, 0.15) is 107 Å². The number of nitrogens with zero attached hydrogens (tertiary/aromatic N) is 7. The van der Waals surface area contributed by atoms with Gasteiger partial charge in [0.15, 0.2) is 10.9 Å². The van der Waals surface area contributed by atoms with Crippen LogP contribution in [0.4, 0.5) is 21.0 Å². The zero-order chi connectivity index (χ0) is 85.8. The number of aromatic nitrogens is 3. The molecular formula is C76H107BrN14O24S. The molecule has 2 heterocycles. The number of hydrogen-bond acceptors (Lipinski definition) is 26. The molecule has 638 valence electrons. The predicted molar refractivity (Wildman–Crippen MR) is 422 cm³/mol. The summed E-state index contributed by atoms with van der Waals surface area (Å²) in [7, 11) is 4.05. The summed E-state index contributed by atoms with van der Waals surface area (Å²) in [6, 6.07) is 19.1. The number of unbranched alkanes of at least 4 members (excludes halogenated alkanes) is 4. The van der Waals surface area contributed by atoms with Crippen LogP contribution < -0.4 is 37.2 Å². The molecule has 0 aliphatic carbocycles. The van der Waals surface area contributed by atoms with Crippen molar-refractivity contribution in [1.29, 1.82) is 0 Å². The lowest BCUT2D eigenvalue weighted by Crippen LogP contribution is -2.50. The van der Waals surface area contributed by atoms with E-state index in [0.717, 1.165) is 34.4 Å². The number of amides is 5. The summed E-state index contributed by atoms with van der Waals surface area (Å²) < 4.78 is 19.6. The summed E-state index contributed by atoms with van der Waals surface area (Å²) in [5.41, 5.74) is 4.45. The zero-order valence-corrected chi connectivity index (χ0v) is 67.6.